The maximum Gasteiger partial charge on any atom is 0.312 e. The monoisotopic (exact) mass is 209 g/mol. The van der Waals surface area contributed by atoms with Crippen molar-refractivity contribution in [3.8, 4) is 0 Å². The molecule has 2 rings (SSSR count). The zero-order valence-corrected chi connectivity index (χ0v) is 9.37. The van der Waals surface area contributed by atoms with Crippen LogP contribution < -0.4 is 5.32 Å². The van der Waals surface area contributed by atoms with Gasteiger partial charge in [-0.2, -0.15) is 0 Å². The normalized spacial score (nSPS) is 29.9. The average Bonchev–Trinajstić information content (AvgIpc) is 2.57. The molecule has 1 N–H and O–H groups in total. The van der Waals surface area contributed by atoms with Gasteiger partial charge in [-0.1, -0.05) is 25.7 Å². The van der Waals surface area contributed by atoms with Gasteiger partial charge in [-0.3, -0.25) is 4.79 Å². The van der Waals surface area contributed by atoms with Gasteiger partial charge in [0.1, 0.15) is 0 Å². The van der Waals surface area contributed by atoms with Crippen LogP contribution in [0.2, 0.25) is 0 Å². The summed E-state index contributed by atoms with van der Waals surface area (Å²) in [6.45, 7) is 2.74. The Morgan fingerprint density at radius 3 is 2.53 bits per heavy atom. The molecule has 1 saturated carbocycles. The fraction of sp³-hybridized carbons (Fsp3) is 0.917. The van der Waals surface area contributed by atoms with E-state index in [0.717, 1.165) is 19.6 Å². The Balaban J connectivity index is 1.95. The number of hydrogen-bond acceptors (Lipinski definition) is 2. The van der Waals surface area contributed by atoms with Crippen molar-refractivity contribution in [2.75, 3.05) is 19.6 Å². The van der Waals surface area contributed by atoms with Crippen molar-refractivity contribution in [1.29, 1.82) is 0 Å². The third-order valence-electron chi connectivity index (χ3n) is 3.84. The van der Waals surface area contributed by atoms with E-state index < -0.39 is 0 Å². The highest BCUT2D eigenvalue weighted by Crippen LogP contribution is 2.28. The van der Waals surface area contributed by atoms with E-state index in [-0.39, 0.29) is 0 Å². The van der Waals surface area contributed by atoms with Crippen molar-refractivity contribution in [2.24, 2.45) is 5.92 Å². The van der Waals surface area contributed by atoms with Crippen LogP contribution in [0.4, 0.5) is 0 Å². The van der Waals surface area contributed by atoms with E-state index in [0.29, 0.717) is 12.0 Å². The lowest BCUT2D eigenvalue weighted by molar-refractivity contribution is 0.169. The van der Waals surface area contributed by atoms with Crippen LogP contribution in [0.25, 0.3) is 0 Å². The molecule has 3 nitrogen and oxygen atoms in total. The summed E-state index contributed by atoms with van der Waals surface area (Å²) in [7, 11) is 0. The molecule has 0 bridgehead atoms. The smallest absolute Gasteiger partial charge is 0.312 e. The van der Waals surface area contributed by atoms with Crippen molar-refractivity contribution < 1.29 is 4.79 Å². The van der Waals surface area contributed by atoms with Crippen molar-refractivity contribution >= 4 is 6.41 Å². The van der Waals surface area contributed by atoms with Gasteiger partial charge >= 0.3 is 6.41 Å². The third-order valence-corrected chi connectivity index (χ3v) is 3.84. The lowest BCUT2D eigenvalue weighted by Gasteiger charge is -2.37. The van der Waals surface area contributed by atoms with Crippen LogP contribution in [-0.4, -0.2) is 37.0 Å². The second kappa shape index (κ2) is 5.50. The molecule has 0 spiro atoms. The topological polar surface area (TPSA) is 32.3 Å². The Morgan fingerprint density at radius 2 is 1.87 bits per heavy atom. The van der Waals surface area contributed by atoms with E-state index in [1.807, 2.05) is 4.90 Å². The first kappa shape index (κ1) is 10.9. The standard InChI is InChI=1S/C12H21N2O/c15-10-14-8-7-13-9-12(14)11-5-3-1-2-4-6-11/h11-13H,1-9H2. The molecule has 1 amide bonds. The van der Waals surface area contributed by atoms with Crippen LogP contribution in [0.3, 0.4) is 0 Å². The van der Waals surface area contributed by atoms with Gasteiger partial charge in [0.05, 0.1) is 0 Å². The molecule has 2 fully saturated rings. The van der Waals surface area contributed by atoms with Crippen LogP contribution >= 0.6 is 0 Å². The molecule has 1 unspecified atom stereocenters. The first-order valence-corrected chi connectivity index (χ1v) is 6.27. The predicted octanol–water partition coefficient (Wildman–Crippen LogP) is 1.30. The fourth-order valence-electron chi connectivity index (χ4n) is 2.96. The molecule has 1 aliphatic heterocycles. The highest BCUT2D eigenvalue weighted by molar-refractivity contribution is 5.49. The molecular formula is C12H21N2O. The Hall–Kier alpha value is -0.570. The van der Waals surface area contributed by atoms with Crippen LogP contribution in [-0.2, 0) is 4.79 Å². The van der Waals surface area contributed by atoms with E-state index >= 15 is 0 Å². The molecular weight excluding hydrogens is 188 g/mol. The maximum atomic E-state index is 10.9. The molecule has 1 atom stereocenters. The molecule has 0 aromatic rings. The summed E-state index contributed by atoms with van der Waals surface area (Å²) in [5.74, 6) is 0.710. The van der Waals surface area contributed by atoms with Gasteiger partial charge in [-0.25, -0.2) is 0 Å². The van der Waals surface area contributed by atoms with Gasteiger partial charge in [0.15, 0.2) is 0 Å². The zero-order valence-electron chi connectivity index (χ0n) is 9.37. The second-order valence-corrected chi connectivity index (χ2v) is 4.81. The van der Waals surface area contributed by atoms with Crippen LogP contribution in [0.5, 0.6) is 0 Å². The van der Waals surface area contributed by atoms with Gasteiger partial charge in [0.25, 0.3) is 0 Å². The predicted molar refractivity (Wildman–Crippen MR) is 60.2 cm³/mol. The minimum absolute atomic E-state index is 0.411. The summed E-state index contributed by atoms with van der Waals surface area (Å²) >= 11 is 0. The summed E-state index contributed by atoms with van der Waals surface area (Å²) < 4.78 is 0. The molecule has 1 heterocycles. The molecule has 1 aliphatic carbocycles. The molecule has 1 radical (unpaired) electrons. The van der Waals surface area contributed by atoms with E-state index in [2.05, 4.69) is 11.7 Å². The zero-order chi connectivity index (χ0) is 10.5. The summed E-state index contributed by atoms with van der Waals surface area (Å²) in [6.07, 6.45) is 10.1. The van der Waals surface area contributed by atoms with Crippen molar-refractivity contribution in [3.05, 3.63) is 0 Å². The largest absolute Gasteiger partial charge is 0.329 e. The number of nitrogens with one attached hydrogen (secondary N) is 1. The molecule has 2 aliphatic rings. The molecule has 0 aromatic heterocycles. The minimum Gasteiger partial charge on any atom is -0.329 e. The summed E-state index contributed by atoms with van der Waals surface area (Å²) in [4.78, 5) is 12.8. The number of rotatable bonds is 2. The van der Waals surface area contributed by atoms with E-state index in [1.54, 1.807) is 0 Å². The SMILES string of the molecule is O=[C]N1CCNCC1C1CCCCCC1. The van der Waals surface area contributed by atoms with Crippen LogP contribution in [0.1, 0.15) is 38.5 Å². The summed E-state index contributed by atoms with van der Waals surface area (Å²) in [5, 5.41) is 3.40. The lowest BCUT2D eigenvalue weighted by Crippen LogP contribution is -2.53. The van der Waals surface area contributed by atoms with Gasteiger partial charge in [0.2, 0.25) is 0 Å². The maximum absolute atomic E-state index is 10.9. The number of hydrogen-bond donors (Lipinski definition) is 1. The lowest BCUT2D eigenvalue weighted by atomic mass is 9.90. The quantitative estimate of drug-likeness (QED) is 0.695. The fourth-order valence-corrected chi connectivity index (χ4v) is 2.96. The Labute approximate surface area is 92.2 Å². The van der Waals surface area contributed by atoms with Crippen LogP contribution in [0, 0.1) is 5.92 Å². The van der Waals surface area contributed by atoms with E-state index in [4.69, 9.17) is 0 Å². The number of carbonyl (C=O) groups excluding carboxylic acids is 1. The molecule has 15 heavy (non-hydrogen) atoms. The van der Waals surface area contributed by atoms with Gasteiger partial charge in [-0.05, 0) is 18.8 Å². The highest BCUT2D eigenvalue weighted by Gasteiger charge is 2.29. The third kappa shape index (κ3) is 2.71. The first-order valence-electron chi connectivity index (χ1n) is 6.27. The second-order valence-electron chi connectivity index (χ2n) is 4.81. The van der Waals surface area contributed by atoms with Crippen molar-refractivity contribution in [1.82, 2.24) is 10.2 Å². The van der Waals surface area contributed by atoms with Crippen molar-refractivity contribution in [2.45, 2.75) is 44.6 Å². The minimum atomic E-state index is 0.411. The van der Waals surface area contributed by atoms with Gasteiger partial charge in [0, 0.05) is 25.7 Å². The first-order chi connectivity index (χ1) is 7.42. The number of piperazine rings is 1. The molecule has 3 heteroatoms. The Bertz CT molecular complexity index is 200. The van der Waals surface area contributed by atoms with Crippen LogP contribution in [0.15, 0.2) is 0 Å². The molecule has 0 aromatic carbocycles. The molecule has 85 valence electrons. The van der Waals surface area contributed by atoms with E-state index in [1.165, 1.54) is 38.5 Å². The van der Waals surface area contributed by atoms with Gasteiger partial charge in [-0.15, -0.1) is 0 Å². The summed E-state index contributed by atoms with van der Waals surface area (Å²) in [5.41, 5.74) is 0. The number of nitrogens with zero attached hydrogens (tertiary/aromatic N) is 1. The van der Waals surface area contributed by atoms with E-state index in [9.17, 15) is 4.79 Å². The molecule has 1 saturated heterocycles. The average molecular weight is 209 g/mol. The Kier molecular flexibility index (Phi) is 4.01. The number of amides is 1. The Morgan fingerprint density at radius 1 is 1.13 bits per heavy atom. The summed E-state index contributed by atoms with van der Waals surface area (Å²) in [6, 6.07) is 0.411. The van der Waals surface area contributed by atoms with Gasteiger partial charge < -0.3 is 10.2 Å². The highest BCUT2D eigenvalue weighted by atomic mass is 16.1. The van der Waals surface area contributed by atoms with Crippen molar-refractivity contribution in [3.63, 3.8) is 0 Å².